The SMILES string of the molecule is Cc1ccc(C(=O)N(C)CCS(C)(=O)=O)c(Br)c1. The van der Waals surface area contributed by atoms with Crippen LogP contribution in [0.25, 0.3) is 0 Å². The minimum absolute atomic E-state index is 0.0290. The fraction of sp³-hybridized carbons (Fsp3) is 0.417. The first-order chi connectivity index (χ1) is 8.20. The van der Waals surface area contributed by atoms with Gasteiger partial charge in [0.1, 0.15) is 9.84 Å². The summed E-state index contributed by atoms with van der Waals surface area (Å²) >= 11 is 3.34. The summed E-state index contributed by atoms with van der Waals surface area (Å²) in [7, 11) is -1.46. The number of nitrogens with zero attached hydrogens (tertiary/aromatic N) is 1. The van der Waals surface area contributed by atoms with Gasteiger partial charge in [0, 0.05) is 24.3 Å². The van der Waals surface area contributed by atoms with Crippen LogP contribution in [0.15, 0.2) is 22.7 Å². The minimum Gasteiger partial charge on any atom is -0.341 e. The number of carbonyl (C=O) groups excluding carboxylic acids is 1. The summed E-state index contributed by atoms with van der Waals surface area (Å²) in [5, 5.41) is 0. The average Bonchev–Trinajstić information content (AvgIpc) is 2.24. The van der Waals surface area contributed by atoms with Gasteiger partial charge in [-0.15, -0.1) is 0 Å². The van der Waals surface area contributed by atoms with E-state index in [1.54, 1.807) is 13.1 Å². The molecule has 1 amide bonds. The molecule has 0 aliphatic carbocycles. The van der Waals surface area contributed by atoms with Gasteiger partial charge in [0.2, 0.25) is 0 Å². The molecule has 0 unspecified atom stereocenters. The zero-order valence-corrected chi connectivity index (χ0v) is 13.0. The van der Waals surface area contributed by atoms with Crippen molar-refractivity contribution < 1.29 is 13.2 Å². The second-order valence-corrected chi connectivity index (χ2v) is 7.45. The first-order valence-electron chi connectivity index (χ1n) is 5.40. The maximum absolute atomic E-state index is 12.1. The van der Waals surface area contributed by atoms with Crippen molar-refractivity contribution in [3.8, 4) is 0 Å². The van der Waals surface area contributed by atoms with Crippen molar-refractivity contribution in [3.63, 3.8) is 0 Å². The maximum atomic E-state index is 12.1. The molecule has 0 aromatic heterocycles. The Labute approximate surface area is 116 Å². The fourth-order valence-corrected chi connectivity index (χ4v) is 2.67. The molecular weight excluding hydrogens is 318 g/mol. The molecule has 0 N–H and O–H groups in total. The normalized spacial score (nSPS) is 11.3. The summed E-state index contributed by atoms with van der Waals surface area (Å²) in [6, 6.07) is 5.44. The number of carbonyl (C=O) groups is 1. The highest BCUT2D eigenvalue weighted by molar-refractivity contribution is 9.10. The smallest absolute Gasteiger partial charge is 0.254 e. The van der Waals surface area contributed by atoms with Crippen molar-refractivity contribution in [3.05, 3.63) is 33.8 Å². The molecular formula is C12H16BrNO3S. The summed E-state index contributed by atoms with van der Waals surface area (Å²) in [4.78, 5) is 13.5. The number of benzene rings is 1. The lowest BCUT2D eigenvalue weighted by molar-refractivity contribution is 0.0802. The highest BCUT2D eigenvalue weighted by atomic mass is 79.9. The van der Waals surface area contributed by atoms with E-state index in [0.717, 1.165) is 16.3 Å². The molecule has 4 nitrogen and oxygen atoms in total. The molecule has 100 valence electrons. The van der Waals surface area contributed by atoms with Crippen molar-refractivity contribution >= 4 is 31.7 Å². The molecule has 0 saturated heterocycles. The summed E-state index contributed by atoms with van der Waals surface area (Å²) in [6.45, 7) is 2.13. The molecule has 0 aliphatic rings. The Morgan fingerprint density at radius 1 is 1.39 bits per heavy atom. The van der Waals surface area contributed by atoms with Gasteiger partial charge < -0.3 is 4.90 Å². The van der Waals surface area contributed by atoms with Crippen LogP contribution in [0.1, 0.15) is 15.9 Å². The molecule has 1 aromatic rings. The van der Waals surface area contributed by atoms with Gasteiger partial charge in [-0.1, -0.05) is 6.07 Å². The van der Waals surface area contributed by atoms with Crippen LogP contribution in [0.5, 0.6) is 0 Å². The van der Waals surface area contributed by atoms with Crippen LogP contribution in [-0.4, -0.2) is 44.8 Å². The topological polar surface area (TPSA) is 54.5 Å². The standard InChI is InChI=1S/C12H16BrNO3S/c1-9-4-5-10(11(13)8-9)12(15)14(2)6-7-18(3,16)17/h4-5,8H,6-7H2,1-3H3. The van der Waals surface area contributed by atoms with E-state index in [0.29, 0.717) is 5.56 Å². The molecule has 1 rings (SSSR count). The molecule has 18 heavy (non-hydrogen) atoms. The number of rotatable bonds is 4. The van der Waals surface area contributed by atoms with Crippen molar-refractivity contribution in [2.45, 2.75) is 6.92 Å². The molecule has 6 heteroatoms. The second kappa shape index (κ2) is 5.84. The molecule has 0 aliphatic heterocycles. The van der Waals surface area contributed by atoms with Crippen LogP contribution < -0.4 is 0 Å². The van der Waals surface area contributed by atoms with Crippen molar-refractivity contribution in [1.82, 2.24) is 4.90 Å². The molecule has 0 radical (unpaired) electrons. The number of hydrogen-bond acceptors (Lipinski definition) is 3. The summed E-state index contributed by atoms with van der Waals surface area (Å²) in [5.74, 6) is -0.218. The monoisotopic (exact) mass is 333 g/mol. The van der Waals surface area contributed by atoms with Crippen LogP contribution in [-0.2, 0) is 9.84 Å². The lowest BCUT2D eigenvalue weighted by Crippen LogP contribution is -2.31. The van der Waals surface area contributed by atoms with Crippen LogP contribution in [0.3, 0.4) is 0 Å². The Balaban J connectivity index is 2.80. The zero-order chi connectivity index (χ0) is 13.9. The van der Waals surface area contributed by atoms with E-state index in [9.17, 15) is 13.2 Å². The predicted molar refractivity (Wildman–Crippen MR) is 75.6 cm³/mol. The van der Waals surface area contributed by atoms with Crippen LogP contribution in [0.4, 0.5) is 0 Å². The molecule has 0 saturated carbocycles. The third-order valence-electron chi connectivity index (χ3n) is 2.50. The Hall–Kier alpha value is -0.880. The third-order valence-corrected chi connectivity index (χ3v) is 4.08. The Kier molecular flexibility index (Phi) is 4.92. The van der Waals surface area contributed by atoms with Crippen LogP contribution in [0.2, 0.25) is 0 Å². The average molecular weight is 334 g/mol. The van der Waals surface area contributed by atoms with Gasteiger partial charge in [-0.3, -0.25) is 4.79 Å². The molecule has 1 aromatic carbocycles. The zero-order valence-electron chi connectivity index (χ0n) is 10.6. The summed E-state index contributed by atoms with van der Waals surface area (Å²) in [6.07, 6.45) is 1.16. The van der Waals surface area contributed by atoms with E-state index in [2.05, 4.69) is 15.9 Å². The van der Waals surface area contributed by atoms with Crippen LogP contribution >= 0.6 is 15.9 Å². The Bertz CT molecular complexity index is 554. The van der Waals surface area contributed by atoms with E-state index in [4.69, 9.17) is 0 Å². The number of hydrogen-bond donors (Lipinski definition) is 0. The van der Waals surface area contributed by atoms with Gasteiger partial charge in [0.25, 0.3) is 5.91 Å². The third kappa shape index (κ3) is 4.42. The summed E-state index contributed by atoms with van der Waals surface area (Å²) in [5.41, 5.74) is 1.59. The summed E-state index contributed by atoms with van der Waals surface area (Å²) < 4.78 is 22.8. The van der Waals surface area contributed by atoms with E-state index in [-0.39, 0.29) is 18.2 Å². The largest absolute Gasteiger partial charge is 0.341 e. The molecule has 0 bridgehead atoms. The van der Waals surface area contributed by atoms with Crippen molar-refractivity contribution in [2.75, 3.05) is 25.6 Å². The maximum Gasteiger partial charge on any atom is 0.254 e. The lowest BCUT2D eigenvalue weighted by Gasteiger charge is -2.17. The predicted octanol–water partition coefficient (Wildman–Crippen LogP) is 1.87. The van der Waals surface area contributed by atoms with E-state index >= 15 is 0 Å². The van der Waals surface area contributed by atoms with Gasteiger partial charge in [0.15, 0.2) is 0 Å². The van der Waals surface area contributed by atoms with Gasteiger partial charge in [-0.05, 0) is 40.5 Å². The van der Waals surface area contributed by atoms with Gasteiger partial charge >= 0.3 is 0 Å². The first-order valence-corrected chi connectivity index (χ1v) is 8.25. The first kappa shape index (κ1) is 15.2. The molecule has 0 fully saturated rings. The molecule has 0 atom stereocenters. The van der Waals surface area contributed by atoms with Crippen molar-refractivity contribution in [2.24, 2.45) is 0 Å². The molecule has 0 heterocycles. The molecule has 0 spiro atoms. The number of amides is 1. The van der Waals surface area contributed by atoms with E-state index in [1.807, 2.05) is 19.1 Å². The lowest BCUT2D eigenvalue weighted by atomic mass is 10.1. The number of sulfone groups is 1. The fourth-order valence-electron chi connectivity index (χ4n) is 1.40. The minimum atomic E-state index is -3.06. The van der Waals surface area contributed by atoms with E-state index < -0.39 is 9.84 Å². The van der Waals surface area contributed by atoms with Gasteiger partial charge in [-0.2, -0.15) is 0 Å². The van der Waals surface area contributed by atoms with Crippen LogP contribution in [0, 0.1) is 6.92 Å². The number of aryl methyl sites for hydroxylation is 1. The van der Waals surface area contributed by atoms with Crippen molar-refractivity contribution in [1.29, 1.82) is 0 Å². The second-order valence-electron chi connectivity index (χ2n) is 4.34. The Morgan fingerprint density at radius 3 is 2.50 bits per heavy atom. The number of halogens is 1. The Morgan fingerprint density at radius 2 is 2.00 bits per heavy atom. The van der Waals surface area contributed by atoms with Gasteiger partial charge in [0.05, 0.1) is 11.3 Å². The highest BCUT2D eigenvalue weighted by Gasteiger charge is 2.16. The van der Waals surface area contributed by atoms with E-state index in [1.165, 1.54) is 4.90 Å². The quantitative estimate of drug-likeness (QED) is 0.845. The highest BCUT2D eigenvalue weighted by Crippen LogP contribution is 2.19. The van der Waals surface area contributed by atoms with Gasteiger partial charge in [-0.25, -0.2) is 8.42 Å².